The normalized spacial score (nSPS) is 18.7. The van der Waals surface area contributed by atoms with E-state index in [1.54, 1.807) is 12.1 Å². The van der Waals surface area contributed by atoms with Crippen molar-refractivity contribution in [1.82, 2.24) is 15.5 Å². The topological polar surface area (TPSA) is 101 Å². The van der Waals surface area contributed by atoms with E-state index in [0.29, 0.717) is 18.2 Å². The second kappa shape index (κ2) is 7.41. The number of carbonyl (C=O) groups is 1. The largest absolute Gasteiger partial charge is 0.347 e. The van der Waals surface area contributed by atoms with E-state index in [-0.39, 0.29) is 23.2 Å². The van der Waals surface area contributed by atoms with Crippen molar-refractivity contribution in [2.24, 2.45) is 0 Å². The number of amides is 1. The van der Waals surface area contributed by atoms with E-state index in [0.717, 1.165) is 5.69 Å². The third kappa shape index (κ3) is 4.57. The highest BCUT2D eigenvalue weighted by Crippen LogP contribution is 2.19. The molecule has 0 saturated carbocycles. The molecule has 1 unspecified atom stereocenters. The maximum Gasteiger partial charge on any atom is 0.272 e. The predicted molar refractivity (Wildman–Crippen MR) is 100 cm³/mol. The van der Waals surface area contributed by atoms with Crippen LogP contribution in [0.25, 0.3) is 0 Å². The van der Waals surface area contributed by atoms with Gasteiger partial charge in [-0.25, -0.2) is 8.42 Å². The molecule has 1 atom stereocenters. The minimum Gasteiger partial charge on any atom is -0.347 e. The van der Waals surface area contributed by atoms with Crippen LogP contribution in [-0.4, -0.2) is 42.1 Å². The van der Waals surface area contributed by atoms with Gasteiger partial charge in [0.2, 0.25) is 0 Å². The average Bonchev–Trinajstić information content (AvgIpc) is 2.94. The van der Waals surface area contributed by atoms with Crippen LogP contribution < -0.4 is 10.6 Å². The number of aromatic nitrogens is 2. The Morgan fingerprint density at radius 2 is 1.85 bits per heavy atom. The number of rotatable bonds is 5. The highest BCUT2D eigenvalue weighted by molar-refractivity contribution is 7.91. The lowest BCUT2D eigenvalue weighted by atomic mass is 10.0. The molecule has 3 rings (SSSR count). The van der Waals surface area contributed by atoms with Crippen LogP contribution in [0.15, 0.2) is 36.4 Å². The summed E-state index contributed by atoms with van der Waals surface area (Å²) in [7, 11) is -3.03. The van der Waals surface area contributed by atoms with Gasteiger partial charge in [0.25, 0.3) is 5.91 Å². The lowest BCUT2D eigenvalue weighted by molar-refractivity contribution is 0.0935. The zero-order valence-corrected chi connectivity index (χ0v) is 15.6. The summed E-state index contributed by atoms with van der Waals surface area (Å²) < 4.78 is 22.9. The summed E-state index contributed by atoms with van der Waals surface area (Å²) in [5.74, 6) is 0.687. The van der Waals surface area contributed by atoms with E-state index >= 15 is 0 Å². The van der Waals surface area contributed by atoms with Crippen LogP contribution in [0, 0.1) is 0 Å². The highest BCUT2D eigenvalue weighted by atomic mass is 32.2. The van der Waals surface area contributed by atoms with Crippen molar-refractivity contribution in [1.29, 1.82) is 0 Å². The Balaban J connectivity index is 1.60. The monoisotopic (exact) mass is 374 g/mol. The smallest absolute Gasteiger partial charge is 0.272 e. The molecule has 0 spiro atoms. The van der Waals surface area contributed by atoms with Crippen LogP contribution in [0.2, 0.25) is 0 Å². The zero-order chi connectivity index (χ0) is 18.7. The Labute approximate surface area is 153 Å². The molecule has 2 heterocycles. The molecular weight excluding hydrogens is 352 g/mol. The first-order valence-electron chi connectivity index (χ1n) is 8.54. The Bertz CT molecular complexity index is 878. The highest BCUT2D eigenvalue weighted by Gasteiger charge is 2.29. The maximum atomic E-state index is 12.2. The first-order chi connectivity index (χ1) is 12.3. The minimum atomic E-state index is -3.03. The molecule has 7 nitrogen and oxygen atoms in total. The molecule has 26 heavy (non-hydrogen) atoms. The number of hydrogen-bond donors (Lipinski definition) is 2. The van der Waals surface area contributed by atoms with Crippen LogP contribution in [0.4, 0.5) is 11.5 Å². The van der Waals surface area contributed by atoms with E-state index in [4.69, 9.17) is 0 Å². The summed E-state index contributed by atoms with van der Waals surface area (Å²) in [4.78, 5) is 12.2. The van der Waals surface area contributed by atoms with Crippen LogP contribution in [0.3, 0.4) is 0 Å². The molecule has 2 N–H and O–H groups in total. The number of carbonyl (C=O) groups excluding carboxylic acids is 1. The number of anilines is 2. The van der Waals surface area contributed by atoms with E-state index in [1.165, 1.54) is 5.56 Å². The molecule has 0 bridgehead atoms. The molecule has 1 aliphatic rings. The number of nitrogens with zero attached hydrogens (tertiary/aromatic N) is 2. The molecule has 0 radical (unpaired) electrons. The zero-order valence-electron chi connectivity index (χ0n) is 14.8. The summed E-state index contributed by atoms with van der Waals surface area (Å²) in [6, 6.07) is 10.9. The van der Waals surface area contributed by atoms with Crippen LogP contribution in [-0.2, 0) is 9.84 Å². The molecule has 8 heteroatoms. The molecule has 1 aromatic heterocycles. The van der Waals surface area contributed by atoms with E-state index in [1.807, 2.05) is 12.1 Å². The van der Waals surface area contributed by atoms with Gasteiger partial charge < -0.3 is 10.6 Å². The minimum absolute atomic E-state index is 0.0157. The Morgan fingerprint density at radius 3 is 2.38 bits per heavy atom. The fourth-order valence-corrected chi connectivity index (χ4v) is 4.46. The van der Waals surface area contributed by atoms with Gasteiger partial charge in [0.1, 0.15) is 0 Å². The quantitative estimate of drug-likeness (QED) is 0.832. The van der Waals surface area contributed by atoms with Crippen molar-refractivity contribution in [3.63, 3.8) is 0 Å². The van der Waals surface area contributed by atoms with E-state index < -0.39 is 15.7 Å². The molecule has 1 aliphatic heterocycles. The second-order valence-corrected chi connectivity index (χ2v) is 9.01. The first-order valence-corrected chi connectivity index (χ1v) is 10.4. The van der Waals surface area contributed by atoms with Gasteiger partial charge in [0, 0.05) is 11.7 Å². The Hall–Kier alpha value is -2.48. The van der Waals surface area contributed by atoms with Gasteiger partial charge >= 0.3 is 0 Å². The van der Waals surface area contributed by atoms with E-state index in [2.05, 4.69) is 46.8 Å². The molecule has 1 aromatic carbocycles. The summed E-state index contributed by atoms with van der Waals surface area (Å²) in [5, 5.41) is 13.8. The molecule has 0 aliphatic carbocycles. The Morgan fingerprint density at radius 1 is 1.12 bits per heavy atom. The van der Waals surface area contributed by atoms with Crippen molar-refractivity contribution in [2.75, 3.05) is 16.8 Å². The third-order valence-electron chi connectivity index (χ3n) is 4.31. The molecule has 1 fully saturated rings. The predicted octanol–water partition coefficient (Wildman–Crippen LogP) is 2.26. The average molecular weight is 374 g/mol. The summed E-state index contributed by atoms with van der Waals surface area (Å²) >= 11 is 0. The molecular formula is C18H22N4O3S. The van der Waals surface area contributed by atoms with Crippen molar-refractivity contribution >= 4 is 27.2 Å². The first kappa shape index (κ1) is 18.3. The van der Waals surface area contributed by atoms with Crippen molar-refractivity contribution in [3.8, 4) is 0 Å². The summed E-state index contributed by atoms with van der Waals surface area (Å²) in [6.07, 6.45) is 0.438. The lowest BCUT2D eigenvalue weighted by Gasteiger charge is -2.11. The van der Waals surface area contributed by atoms with E-state index in [9.17, 15) is 13.2 Å². The van der Waals surface area contributed by atoms with Gasteiger partial charge in [-0.3, -0.25) is 4.79 Å². The van der Waals surface area contributed by atoms with Crippen LogP contribution >= 0.6 is 0 Å². The molecule has 2 aromatic rings. The lowest BCUT2D eigenvalue weighted by Crippen LogP contribution is -2.36. The fraction of sp³-hybridized carbons (Fsp3) is 0.389. The summed E-state index contributed by atoms with van der Waals surface area (Å²) in [5.41, 5.74) is 2.30. The van der Waals surface area contributed by atoms with Crippen molar-refractivity contribution < 1.29 is 13.2 Å². The van der Waals surface area contributed by atoms with Gasteiger partial charge in [0.15, 0.2) is 21.3 Å². The van der Waals surface area contributed by atoms with Crippen molar-refractivity contribution in [2.45, 2.75) is 32.2 Å². The van der Waals surface area contributed by atoms with Gasteiger partial charge in [0.05, 0.1) is 11.5 Å². The molecule has 1 saturated heterocycles. The van der Waals surface area contributed by atoms with Crippen LogP contribution in [0.5, 0.6) is 0 Å². The second-order valence-electron chi connectivity index (χ2n) is 6.78. The number of sulfone groups is 1. The third-order valence-corrected chi connectivity index (χ3v) is 6.08. The number of hydrogen-bond acceptors (Lipinski definition) is 6. The maximum absolute atomic E-state index is 12.2. The van der Waals surface area contributed by atoms with Crippen molar-refractivity contribution in [3.05, 3.63) is 47.7 Å². The number of nitrogens with one attached hydrogen (secondary N) is 2. The standard InChI is InChI=1S/C18H22N4O3S/c1-12(2)13-3-5-14(6-4-13)19-17-8-7-16(21-22-17)18(23)20-15-9-10-26(24,25)11-15/h3-8,12,15H,9-11H2,1-2H3,(H,19,22)(H,20,23). The van der Waals surface area contributed by atoms with Gasteiger partial charge in [-0.05, 0) is 42.2 Å². The van der Waals surface area contributed by atoms with Gasteiger partial charge in [-0.1, -0.05) is 26.0 Å². The number of benzene rings is 1. The SMILES string of the molecule is CC(C)c1ccc(Nc2ccc(C(=O)NC3CCS(=O)(=O)C3)nn2)cc1. The molecule has 138 valence electrons. The van der Waals surface area contributed by atoms with Gasteiger partial charge in [-0.2, -0.15) is 0 Å². The molecule has 1 amide bonds. The van der Waals surface area contributed by atoms with Gasteiger partial charge in [-0.15, -0.1) is 10.2 Å². The fourth-order valence-electron chi connectivity index (χ4n) is 2.79. The Kier molecular flexibility index (Phi) is 5.22. The van der Waals surface area contributed by atoms with Crippen LogP contribution in [0.1, 0.15) is 42.2 Å². The summed E-state index contributed by atoms with van der Waals surface area (Å²) in [6.45, 7) is 4.28.